The second-order valence-electron chi connectivity index (χ2n) is 5.31. The number of nitrogens with one attached hydrogen (secondary N) is 1. The highest BCUT2D eigenvalue weighted by molar-refractivity contribution is 5.14. The molecule has 2 fully saturated rings. The first-order valence-corrected chi connectivity index (χ1v) is 6.37. The molecule has 0 aliphatic carbocycles. The highest BCUT2D eigenvalue weighted by Gasteiger charge is 2.29. The number of hydrogen-bond acceptors (Lipinski definition) is 2. The Morgan fingerprint density at radius 2 is 1.75 bits per heavy atom. The minimum absolute atomic E-state index is 0.885. The topological polar surface area (TPSA) is 15.3 Å². The third-order valence-corrected chi connectivity index (χ3v) is 3.81. The molecule has 2 saturated heterocycles. The molecule has 86 valence electrons. The van der Waals surface area contributed by atoms with E-state index in [2.05, 4.69) is 40.5 Å². The van der Waals surface area contributed by atoms with Crippen molar-refractivity contribution in [3.63, 3.8) is 0 Å². The predicted octanol–water partition coefficient (Wildman–Crippen LogP) is 1.73. The standard InChI is InChI=1S/C14H20N2/c1-2-4-12(5-3-1)9-16-10-13-6-14(11-16)8-15-7-13/h1-5,13-15H,6-11H2/t13-,14+. The van der Waals surface area contributed by atoms with Gasteiger partial charge in [0.25, 0.3) is 0 Å². The van der Waals surface area contributed by atoms with Crippen LogP contribution in [0, 0.1) is 11.8 Å². The minimum atomic E-state index is 0.885. The highest BCUT2D eigenvalue weighted by atomic mass is 15.2. The molecule has 2 aliphatic rings. The van der Waals surface area contributed by atoms with Gasteiger partial charge in [-0.05, 0) is 36.9 Å². The van der Waals surface area contributed by atoms with Crippen molar-refractivity contribution in [1.29, 1.82) is 0 Å². The number of rotatable bonds is 2. The van der Waals surface area contributed by atoms with Crippen molar-refractivity contribution in [2.24, 2.45) is 11.8 Å². The van der Waals surface area contributed by atoms with Crippen LogP contribution in [0.1, 0.15) is 12.0 Å². The summed E-state index contributed by atoms with van der Waals surface area (Å²) in [5.41, 5.74) is 1.45. The summed E-state index contributed by atoms with van der Waals surface area (Å²) in [4.78, 5) is 2.63. The van der Waals surface area contributed by atoms with Crippen LogP contribution < -0.4 is 5.32 Å². The fourth-order valence-corrected chi connectivity index (χ4v) is 3.18. The van der Waals surface area contributed by atoms with Crippen LogP contribution in [0.5, 0.6) is 0 Å². The lowest BCUT2D eigenvalue weighted by atomic mass is 9.86. The summed E-state index contributed by atoms with van der Waals surface area (Å²) in [6.07, 6.45) is 1.44. The third-order valence-electron chi connectivity index (χ3n) is 3.81. The molecule has 0 unspecified atom stereocenters. The van der Waals surface area contributed by atoms with E-state index in [1.165, 1.54) is 38.2 Å². The smallest absolute Gasteiger partial charge is 0.0233 e. The van der Waals surface area contributed by atoms with Gasteiger partial charge in [0.05, 0.1) is 0 Å². The molecular weight excluding hydrogens is 196 g/mol. The molecule has 1 aromatic carbocycles. The molecule has 2 nitrogen and oxygen atoms in total. The zero-order chi connectivity index (χ0) is 10.8. The summed E-state index contributed by atoms with van der Waals surface area (Å²) < 4.78 is 0. The van der Waals surface area contributed by atoms with Crippen molar-refractivity contribution in [3.05, 3.63) is 35.9 Å². The third kappa shape index (κ3) is 2.28. The van der Waals surface area contributed by atoms with Crippen LogP contribution in [-0.4, -0.2) is 31.1 Å². The van der Waals surface area contributed by atoms with E-state index < -0.39 is 0 Å². The van der Waals surface area contributed by atoms with Crippen LogP contribution >= 0.6 is 0 Å². The monoisotopic (exact) mass is 216 g/mol. The van der Waals surface area contributed by atoms with E-state index in [1.54, 1.807) is 0 Å². The lowest BCUT2D eigenvalue weighted by Crippen LogP contribution is -2.50. The molecule has 2 atom stereocenters. The summed E-state index contributed by atoms with van der Waals surface area (Å²) in [5, 5.41) is 3.54. The Morgan fingerprint density at radius 1 is 1.06 bits per heavy atom. The number of piperidine rings is 2. The van der Waals surface area contributed by atoms with E-state index >= 15 is 0 Å². The van der Waals surface area contributed by atoms with Crippen LogP contribution in [0.4, 0.5) is 0 Å². The zero-order valence-corrected chi connectivity index (χ0v) is 9.73. The number of benzene rings is 1. The molecule has 1 N–H and O–H groups in total. The van der Waals surface area contributed by atoms with Crippen molar-refractivity contribution in [2.75, 3.05) is 26.2 Å². The largest absolute Gasteiger partial charge is 0.316 e. The summed E-state index contributed by atoms with van der Waals surface area (Å²) in [6.45, 7) is 6.13. The Balaban J connectivity index is 1.63. The zero-order valence-electron chi connectivity index (χ0n) is 9.73. The van der Waals surface area contributed by atoms with Gasteiger partial charge in [0.2, 0.25) is 0 Å². The van der Waals surface area contributed by atoms with Gasteiger partial charge in [0.1, 0.15) is 0 Å². The second kappa shape index (κ2) is 4.56. The maximum absolute atomic E-state index is 3.54. The van der Waals surface area contributed by atoms with Gasteiger partial charge in [-0.3, -0.25) is 4.90 Å². The Hall–Kier alpha value is -0.860. The van der Waals surface area contributed by atoms with Crippen LogP contribution in [0.2, 0.25) is 0 Å². The Bertz CT molecular complexity index is 324. The predicted molar refractivity (Wildman–Crippen MR) is 66.2 cm³/mol. The van der Waals surface area contributed by atoms with Gasteiger partial charge in [0.15, 0.2) is 0 Å². The molecule has 2 aliphatic heterocycles. The first kappa shape index (κ1) is 10.3. The molecule has 0 amide bonds. The maximum Gasteiger partial charge on any atom is 0.0233 e. The molecular formula is C14H20N2. The molecule has 2 bridgehead atoms. The Morgan fingerprint density at radius 3 is 2.44 bits per heavy atom. The summed E-state index contributed by atoms with van der Waals surface area (Å²) in [7, 11) is 0. The molecule has 2 heteroatoms. The van der Waals surface area contributed by atoms with E-state index in [-0.39, 0.29) is 0 Å². The minimum Gasteiger partial charge on any atom is -0.316 e. The molecule has 0 radical (unpaired) electrons. The van der Waals surface area contributed by atoms with Gasteiger partial charge in [-0.15, -0.1) is 0 Å². The average Bonchev–Trinajstić information content (AvgIpc) is 2.30. The Kier molecular flexibility index (Phi) is 2.94. The van der Waals surface area contributed by atoms with Gasteiger partial charge < -0.3 is 5.32 Å². The van der Waals surface area contributed by atoms with Crippen LogP contribution in [0.25, 0.3) is 0 Å². The SMILES string of the molecule is c1ccc(CN2C[C@@H]3CNC[C@@H](C3)C2)cc1. The maximum atomic E-state index is 3.54. The van der Waals surface area contributed by atoms with E-state index in [0.29, 0.717) is 0 Å². The lowest BCUT2D eigenvalue weighted by molar-refractivity contribution is 0.0917. The second-order valence-corrected chi connectivity index (χ2v) is 5.31. The van der Waals surface area contributed by atoms with Gasteiger partial charge in [0, 0.05) is 19.6 Å². The van der Waals surface area contributed by atoms with Crippen molar-refractivity contribution in [2.45, 2.75) is 13.0 Å². The van der Waals surface area contributed by atoms with Gasteiger partial charge in [-0.2, -0.15) is 0 Å². The normalized spacial score (nSPS) is 30.2. The van der Waals surface area contributed by atoms with E-state index in [0.717, 1.165) is 18.4 Å². The quantitative estimate of drug-likeness (QED) is 0.810. The molecule has 16 heavy (non-hydrogen) atoms. The molecule has 3 rings (SSSR count). The summed E-state index contributed by atoms with van der Waals surface area (Å²) >= 11 is 0. The van der Waals surface area contributed by atoms with Gasteiger partial charge in [-0.25, -0.2) is 0 Å². The number of hydrogen-bond donors (Lipinski definition) is 1. The fraction of sp³-hybridized carbons (Fsp3) is 0.571. The van der Waals surface area contributed by atoms with Crippen LogP contribution in [0.3, 0.4) is 0 Å². The van der Waals surface area contributed by atoms with Crippen LogP contribution in [-0.2, 0) is 6.54 Å². The molecule has 1 aromatic rings. The average molecular weight is 216 g/mol. The van der Waals surface area contributed by atoms with Crippen molar-refractivity contribution < 1.29 is 0 Å². The van der Waals surface area contributed by atoms with Crippen molar-refractivity contribution in [3.8, 4) is 0 Å². The first-order valence-electron chi connectivity index (χ1n) is 6.37. The summed E-state index contributed by atoms with van der Waals surface area (Å²) in [6, 6.07) is 10.9. The lowest BCUT2D eigenvalue weighted by Gasteiger charge is -2.41. The summed E-state index contributed by atoms with van der Waals surface area (Å²) in [5.74, 6) is 1.77. The molecule has 2 heterocycles. The van der Waals surface area contributed by atoms with Crippen molar-refractivity contribution >= 4 is 0 Å². The van der Waals surface area contributed by atoms with Gasteiger partial charge in [-0.1, -0.05) is 30.3 Å². The number of nitrogens with zero attached hydrogens (tertiary/aromatic N) is 1. The first-order chi connectivity index (χ1) is 7.90. The molecule has 0 aromatic heterocycles. The number of likely N-dealkylation sites (tertiary alicyclic amines) is 1. The number of fused-ring (bicyclic) bond motifs is 2. The van der Waals surface area contributed by atoms with Crippen molar-refractivity contribution in [1.82, 2.24) is 10.2 Å². The highest BCUT2D eigenvalue weighted by Crippen LogP contribution is 2.25. The van der Waals surface area contributed by atoms with E-state index in [9.17, 15) is 0 Å². The Labute approximate surface area is 97.6 Å². The van der Waals surface area contributed by atoms with E-state index in [1.807, 2.05) is 0 Å². The fourth-order valence-electron chi connectivity index (χ4n) is 3.18. The molecule has 0 saturated carbocycles. The van der Waals surface area contributed by atoms with Gasteiger partial charge >= 0.3 is 0 Å². The van der Waals surface area contributed by atoms with Crippen LogP contribution in [0.15, 0.2) is 30.3 Å². The van der Waals surface area contributed by atoms with E-state index in [4.69, 9.17) is 0 Å². The molecule has 0 spiro atoms.